The molecule has 0 spiro atoms. The smallest absolute Gasteiger partial charge is 0.226 e. The Bertz CT molecular complexity index is 708. The number of benzene rings is 1. The van der Waals surface area contributed by atoms with Crippen LogP contribution in [0.15, 0.2) is 41.8 Å². The summed E-state index contributed by atoms with van der Waals surface area (Å²) in [7, 11) is 2.03. The van der Waals surface area contributed by atoms with Gasteiger partial charge in [0.2, 0.25) is 5.95 Å². The number of nitrogens with zero attached hydrogens (tertiary/aromatic N) is 3. The Labute approximate surface area is 122 Å². The van der Waals surface area contributed by atoms with Crippen molar-refractivity contribution < 1.29 is 0 Å². The van der Waals surface area contributed by atoms with Gasteiger partial charge in [-0.3, -0.25) is 0 Å². The van der Waals surface area contributed by atoms with Crippen molar-refractivity contribution in [3.05, 3.63) is 41.8 Å². The molecular formula is C15H16N4S. The number of aromatic nitrogens is 2. The van der Waals surface area contributed by atoms with E-state index >= 15 is 0 Å². The largest absolute Gasteiger partial charge is 0.354 e. The molecule has 0 aliphatic rings. The number of rotatable bonds is 4. The van der Waals surface area contributed by atoms with Gasteiger partial charge in [-0.1, -0.05) is 18.2 Å². The van der Waals surface area contributed by atoms with E-state index in [2.05, 4.69) is 43.8 Å². The molecular weight excluding hydrogens is 268 g/mol. The van der Waals surface area contributed by atoms with Crippen LogP contribution < -0.4 is 10.2 Å². The molecule has 0 aliphatic heterocycles. The van der Waals surface area contributed by atoms with Crippen molar-refractivity contribution in [1.82, 2.24) is 9.97 Å². The second-order valence-electron chi connectivity index (χ2n) is 4.44. The highest BCUT2D eigenvalue weighted by molar-refractivity contribution is 7.16. The quantitative estimate of drug-likeness (QED) is 0.789. The average molecular weight is 284 g/mol. The minimum absolute atomic E-state index is 0.681. The summed E-state index contributed by atoms with van der Waals surface area (Å²) in [5.41, 5.74) is 1.11. The van der Waals surface area contributed by atoms with Gasteiger partial charge in [0.15, 0.2) is 0 Å². The third-order valence-corrected chi connectivity index (χ3v) is 3.91. The summed E-state index contributed by atoms with van der Waals surface area (Å²) >= 11 is 1.64. The molecule has 2 aromatic heterocycles. The summed E-state index contributed by atoms with van der Waals surface area (Å²) in [4.78, 5) is 12.3. The molecule has 20 heavy (non-hydrogen) atoms. The van der Waals surface area contributed by atoms with Crippen molar-refractivity contribution in [2.75, 3.05) is 23.8 Å². The highest BCUT2D eigenvalue weighted by Gasteiger charge is 2.13. The van der Waals surface area contributed by atoms with E-state index in [1.54, 1.807) is 11.3 Å². The summed E-state index contributed by atoms with van der Waals surface area (Å²) in [6, 6.07) is 12.3. The lowest BCUT2D eigenvalue weighted by atomic mass is 10.3. The predicted molar refractivity (Wildman–Crippen MR) is 86.1 cm³/mol. The minimum Gasteiger partial charge on any atom is -0.354 e. The Morgan fingerprint density at radius 2 is 1.95 bits per heavy atom. The van der Waals surface area contributed by atoms with Crippen LogP contribution in [0.5, 0.6) is 0 Å². The van der Waals surface area contributed by atoms with Crippen LogP contribution >= 0.6 is 11.3 Å². The zero-order valence-electron chi connectivity index (χ0n) is 11.5. The zero-order valence-corrected chi connectivity index (χ0v) is 12.3. The number of anilines is 3. The summed E-state index contributed by atoms with van der Waals surface area (Å²) in [5.74, 6) is 1.61. The molecule has 1 N–H and O–H groups in total. The Balaban J connectivity index is 2.11. The van der Waals surface area contributed by atoms with E-state index in [1.807, 2.05) is 32.2 Å². The van der Waals surface area contributed by atoms with Gasteiger partial charge in [-0.25, -0.2) is 4.98 Å². The van der Waals surface area contributed by atoms with E-state index in [-0.39, 0.29) is 0 Å². The van der Waals surface area contributed by atoms with Crippen molar-refractivity contribution in [2.24, 2.45) is 0 Å². The van der Waals surface area contributed by atoms with Crippen LogP contribution in [0.3, 0.4) is 0 Å². The topological polar surface area (TPSA) is 41.1 Å². The number of para-hydroxylation sites is 1. The third kappa shape index (κ3) is 2.32. The molecule has 0 fully saturated rings. The number of thiophene rings is 1. The van der Waals surface area contributed by atoms with Gasteiger partial charge in [-0.05, 0) is 30.5 Å². The van der Waals surface area contributed by atoms with Crippen LogP contribution in [0.2, 0.25) is 0 Å². The summed E-state index contributed by atoms with van der Waals surface area (Å²) in [6.45, 7) is 2.86. The van der Waals surface area contributed by atoms with Crippen LogP contribution in [0, 0.1) is 0 Å². The van der Waals surface area contributed by atoms with Crippen LogP contribution in [0.25, 0.3) is 10.2 Å². The van der Waals surface area contributed by atoms with Gasteiger partial charge >= 0.3 is 0 Å². The molecule has 3 aromatic rings. The summed E-state index contributed by atoms with van der Waals surface area (Å²) in [5, 5.41) is 6.33. The average Bonchev–Trinajstić information content (AvgIpc) is 2.95. The number of hydrogen-bond donors (Lipinski definition) is 1. The fourth-order valence-electron chi connectivity index (χ4n) is 2.11. The molecule has 5 heteroatoms. The lowest BCUT2D eigenvalue weighted by Crippen LogP contribution is -2.13. The maximum atomic E-state index is 4.65. The van der Waals surface area contributed by atoms with Gasteiger partial charge in [0.1, 0.15) is 10.6 Å². The summed E-state index contributed by atoms with van der Waals surface area (Å²) < 4.78 is 0. The maximum Gasteiger partial charge on any atom is 0.226 e. The molecule has 0 amide bonds. The second-order valence-corrected chi connectivity index (χ2v) is 5.33. The fourth-order valence-corrected chi connectivity index (χ4v) is 2.86. The molecule has 4 nitrogen and oxygen atoms in total. The molecule has 0 radical (unpaired) electrons. The Morgan fingerprint density at radius 1 is 1.15 bits per heavy atom. The van der Waals surface area contributed by atoms with E-state index in [0.29, 0.717) is 5.95 Å². The molecule has 0 aliphatic carbocycles. The van der Waals surface area contributed by atoms with Crippen molar-refractivity contribution in [1.29, 1.82) is 0 Å². The molecule has 3 rings (SSSR count). The first kappa shape index (κ1) is 12.9. The van der Waals surface area contributed by atoms with Gasteiger partial charge in [0, 0.05) is 19.3 Å². The standard InChI is InChI=1S/C15H16N4S/c1-3-16-15-17-13(12-9-10-20-14(12)18-15)19(2)11-7-5-4-6-8-11/h4-10H,3H2,1-2H3,(H,16,17,18). The Kier molecular flexibility index (Phi) is 3.52. The SMILES string of the molecule is CCNc1nc(N(C)c2ccccc2)c2ccsc2n1. The van der Waals surface area contributed by atoms with Gasteiger partial charge in [0.05, 0.1) is 5.39 Å². The van der Waals surface area contributed by atoms with E-state index in [0.717, 1.165) is 28.3 Å². The van der Waals surface area contributed by atoms with E-state index in [1.165, 1.54) is 0 Å². The normalized spacial score (nSPS) is 10.7. The molecule has 0 bridgehead atoms. The van der Waals surface area contributed by atoms with Crippen molar-refractivity contribution >= 4 is 39.0 Å². The molecule has 1 aromatic carbocycles. The molecule has 0 saturated heterocycles. The van der Waals surface area contributed by atoms with Crippen LogP contribution in [0.4, 0.5) is 17.5 Å². The third-order valence-electron chi connectivity index (χ3n) is 3.10. The first-order valence-electron chi connectivity index (χ1n) is 6.57. The Morgan fingerprint density at radius 3 is 2.70 bits per heavy atom. The lowest BCUT2D eigenvalue weighted by Gasteiger charge is -2.19. The first-order chi connectivity index (χ1) is 9.79. The minimum atomic E-state index is 0.681. The van der Waals surface area contributed by atoms with Crippen molar-refractivity contribution in [3.63, 3.8) is 0 Å². The second kappa shape index (κ2) is 5.46. The number of hydrogen-bond acceptors (Lipinski definition) is 5. The Hall–Kier alpha value is -2.14. The van der Waals surface area contributed by atoms with Gasteiger partial charge in [-0.15, -0.1) is 11.3 Å². The zero-order chi connectivity index (χ0) is 13.9. The number of fused-ring (bicyclic) bond motifs is 1. The van der Waals surface area contributed by atoms with E-state index in [9.17, 15) is 0 Å². The summed E-state index contributed by atoms with van der Waals surface area (Å²) in [6.07, 6.45) is 0. The monoisotopic (exact) mass is 284 g/mol. The van der Waals surface area contributed by atoms with Crippen LogP contribution in [0.1, 0.15) is 6.92 Å². The first-order valence-corrected chi connectivity index (χ1v) is 7.45. The molecule has 0 saturated carbocycles. The van der Waals surface area contributed by atoms with Crippen LogP contribution in [-0.4, -0.2) is 23.6 Å². The number of nitrogens with one attached hydrogen (secondary N) is 1. The highest BCUT2D eigenvalue weighted by atomic mass is 32.1. The highest BCUT2D eigenvalue weighted by Crippen LogP contribution is 2.32. The van der Waals surface area contributed by atoms with E-state index in [4.69, 9.17) is 0 Å². The molecule has 2 heterocycles. The molecule has 0 atom stereocenters. The van der Waals surface area contributed by atoms with Gasteiger partial charge < -0.3 is 10.2 Å². The fraction of sp³-hybridized carbons (Fsp3) is 0.200. The van der Waals surface area contributed by atoms with Gasteiger partial charge in [-0.2, -0.15) is 4.98 Å². The maximum absolute atomic E-state index is 4.65. The van der Waals surface area contributed by atoms with Crippen LogP contribution in [-0.2, 0) is 0 Å². The lowest BCUT2D eigenvalue weighted by molar-refractivity contribution is 1.07. The molecule has 102 valence electrons. The van der Waals surface area contributed by atoms with Crippen molar-refractivity contribution in [2.45, 2.75) is 6.92 Å². The predicted octanol–water partition coefficient (Wildman–Crippen LogP) is 3.89. The van der Waals surface area contributed by atoms with Gasteiger partial charge in [0.25, 0.3) is 0 Å². The molecule has 0 unspecified atom stereocenters. The van der Waals surface area contributed by atoms with E-state index < -0.39 is 0 Å². The van der Waals surface area contributed by atoms with Crippen molar-refractivity contribution in [3.8, 4) is 0 Å².